The molecule has 0 radical (unpaired) electrons. The van der Waals surface area contributed by atoms with Gasteiger partial charge < -0.3 is 5.73 Å². The average Bonchev–Trinajstić information content (AvgIpc) is 3.03. The van der Waals surface area contributed by atoms with Crippen molar-refractivity contribution >= 4 is 27.9 Å². The van der Waals surface area contributed by atoms with Crippen molar-refractivity contribution in [1.82, 2.24) is 9.97 Å². The Morgan fingerprint density at radius 2 is 2.05 bits per heavy atom. The molecule has 0 aliphatic carbocycles. The first-order chi connectivity index (χ1) is 10.3. The van der Waals surface area contributed by atoms with Crippen LogP contribution in [0.1, 0.15) is 31.7 Å². The molecular weight excluding hydrogens is 278 g/mol. The summed E-state index contributed by atoms with van der Waals surface area (Å²) in [4.78, 5) is 9.10. The molecular formula is C17H19N3S. The lowest BCUT2D eigenvalue weighted by Gasteiger charge is -2.13. The minimum atomic E-state index is 0.791. The number of hydrogen-bond acceptors (Lipinski definition) is 4. The summed E-state index contributed by atoms with van der Waals surface area (Å²) in [5.41, 5.74) is 10.3. The molecule has 0 aliphatic heterocycles. The highest BCUT2D eigenvalue weighted by molar-refractivity contribution is 7.13. The highest BCUT2D eigenvalue weighted by Crippen LogP contribution is 2.33. The number of unbranched alkanes of at least 4 members (excludes halogenated alkanes) is 2. The number of nitrogen functional groups attached to an aromatic ring is 1. The van der Waals surface area contributed by atoms with Crippen LogP contribution in [0.2, 0.25) is 0 Å². The minimum absolute atomic E-state index is 0.791. The van der Waals surface area contributed by atoms with Crippen LogP contribution in [0.5, 0.6) is 0 Å². The Bertz CT molecular complexity index is 735. The number of pyridine rings is 1. The smallest absolute Gasteiger partial charge is 0.143 e. The van der Waals surface area contributed by atoms with Gasteiger partial charge in [0, 0.05) is 17.0 Å². The van der Waals surface area contributed by atoms with Crippen LogP contribution < -0.4 is 5.73 Å². The standard InChI is InChI=1S/C17H19N3S/c1-2-3-4-8-13-12-7-5-6-9-14(12)20-16(15(13)18)17-19-10-11-21-17/h5-7,9-11H,2-4,8,18H2,1H3. The van der Waals surface area contributed by atoms with Crippen molar-refractivity contribution in [1.29, 1.82) is 0 Å². The number of nitrogens with zero attached hydrogens (tertiary/aromatic N) is 2. The summed E-state index contributed by atoms with van der Waals surface area (Å²) in [5.74, 6) is 0. The van der Waals surface area contributed by atoms with E-state index < -0.39 is 0 Å². The SMILES string of the molecule is CCCCCc1c(N)c(-c2nccs2)nc2ccccc12. The van der Waals surface area contributed by atoms with E-state index in [1.54, 1.807) is 17.5 Å². The van der Waals surface area contributed by atoms with Gasteiger partial charge in [-0.15, -0.1) is 11.3 Å². The van der Waals surface area contributed by atoms with Crippen molar-refractivity contribution in [3.63, 3.8) is 0 Å². The Labute approximate surface area is 128 Å². The number of aromatic nitrogens is 2. The van der Waals surface area contributed by atoms with Gasteiger partial charge in [0.2, 0.25) is 0 Å². The van der Waals surface area contributed by atoms with Crippen LogP contribution in [0.4, 0.5) is 5.69 Å². The number of anilines is 1. The van der Waals surface area contributed by atoms with E-state index in [0.717, 1.165) is 34.7 Å². The summed E-state index contributed by atoms with van der Waals surface area (Å²) >= 11 is 1.58. The Kier molecular flexibility index (Phi) is 4.15. The summed E-state index contributed by atoms with van der Waals surface area (Å²) < 4.78 is 0. The zero-order valence-corrected chi connectivity index (χ0v) is 13.0. The quantitative estimate of drug-likeness (QED) is 0.696. The van der Waals surface area contributed by atoms with Gasteiger partial charge in [-0.25, -0.2) is 9.97 Å². The van der Waals surface area contributed by atoms with E-state index in [1.165, 1.54) is 23.8 Å². The van der Waals surface area contributed by atoms with E-state index in [9.17, 15) is 0 Å². The number of para-hydroxylation sites is 1. The van der Waals surface area contributed by atoms with Gasteiger partial charge in [0.1, 0.15) is 10.7 Å². The van der Waals surface area contributed by atoms with E-state index in [1.807, 2.05) is 11.4 Å². The highest BCUT2D eigenvalue weighted by Gasteiger charge is 2.15. The van der Waals surface area contributed by atoms with Gasteiger partial charge >= 0.3 is 0 Å². The van der Waals surface area contributed by atoms with Crippen molar-refractivity contribution in [2.75, 3.05) is 5.73 Å². The molecule has 2 aromatic heterocycles. The first kappa shape index (κ1) is 14.0. The number of thiazole rings is 1. The topological polar surface area (TPSA) is 51.8 Å². The molecule has 3 nitrogen and oxygen atoms in total. The third kappa shape index (κ3) is 2.76. The van der Waals surface area contributed by atoms with Gasteiger partial charge in [0.15, 0.2) is 0 Å². The van der Waals surface area contributed by atoms with Crippen molar-refractivity contribution in [2.45, 2.75) is 32.6 Å². The van der Waals surface area contributed by atoms with Crippen LogP contribution >= 0.6 is 11.3 Å². The molecule has 1 aromatic carbocycles. The Hall–Kier alpha value is -1.94. The first-order valence-corrected chi connectivity index (χ1v) is 8.26. The van der Waals surface area contributed by atoms with Gasteiger partial charge in [-0.05, 0) is 24.5 Å². The van der Waals surface area contributed by atoms with E-state index in [2.05, 4.69) is 30.1 Å². The Balaban J connectivity index is 2.15. The molecule has 108 valence electrons. The lowest BCUT2D eigenvalue weighted by Crippen LogP contribution is -2.02. The molecule has 3 rings (SSSR count). The van der Waals surface area contributed by atoms with E-state index in [-0.39, 0.29) is 0 Å². The second-order valence-electron chi connectivity index (χ2n) is 5.16. The van der Waals surface area contributed by atoms with Crippen molar-refractivity contribution in [3.05, 3.63) is 41.4 Å². The third-order valence-corrected chi connectivity index (χ3v) is 4.49. The van der Waals surface area contributed by atoms with Gasteiger partial charge in [0.05, 0.1) is 11.2 Å². The predicted molar refractivity (Wildman–Crippen MR) is 90.5 cm³/mol. The molecule has 4 heteroatoms. The van der Waals surface area contributed by atoms with Crippen molar-refractivity contribution < 1.29 is 0 Å². The minimum Gasteiger partial charge on any atom is -0.397 e. The van der Waals surface area contributed by atoms with Crippen LogP contribution in [0, 0.1) is 0 Å². The summed E-state index contributed by atoms with van der Waals surface area (Å²) in [5, 5.41) is 4.03. The molecule has 2 N–H and O–H groups in total. The van der Waals surface area contributed by atoms with Gasteiger partial charge in [-0.1, -0.05) is 38.0 Å². The molecule has 0 atom stereocenters. The van der Waals surface area contributed by atoms with Crippen LogP contribution in [-0.2, 0) is 6.42 Å². The molecule has 0 unspecified atom stereocenters. The van der Waals surface area contributed by atoms with E-state index in [4.69, 9.17) is 10.7 Å². The van der Waals surface area contributed by atoms with Crippen molar-refractivity contribution in [3.8, 4) is 10.7 Å². The molecule has 0 bridgehead atoms. The lowest BCUT2D eigenvalue weighted by atomic mass is 9.99. The second kappa shape index (κ2) is 6.22. The fourth-order valence-electron chi connectivity index (χ4n) is 2.62. The highest BCUT2D eigenvalue weighted by atomic mass is 32.1. The third-order valence-electron chi connectivity index (χ3n) is 3.71. The Morgan fingerprint density at radius 1 is 1.19 bits per heavy atom. The maximum Gasteiger partial charge on any atom is 0.143 e. The van der Waals surface area contributed by atoms with Crippen LogP contribution in [0.3, 0.4) is 0 Å². The molecule has 0 fully saturated rings. The molecule has 0 saturated heterocycles. The number of benzene rings is 1. The monoisotopic (exact) mass is 297 g/mol. The predicted octanol–water partition coefficient (Wildman–Crippen LogP) is 4.67. The summed E-state index contributed by atoms with van der Waals surface area (Å²) in [7, 11) is 0. The fourth-order valence-corrected chi connectivity index (χ4v) is 3.26. The molecule has 0 aliphatic rings. The number of fused-ring (bicyclic) bond motifs is 1. The molecule has 3 aromatic rings. The lowest BCUT2D eigenvalue weighted by molar-refractivity contribution is 0.720. The molecule has 0 saturated carbocycles. The van der Waals surface area contributed by atoms with E-state index >= 15 is 0 Å². The van der Waals surface area contributed by atoms with Gasteiger partial charge in [0.25, 0.3) is 0 Å². The number of rotatable bonds is 5. The second-order valence-corrected chi connectivity index (χ2v) is 6.06. The van der Waals surface area contributed by atoms with Crippen molar-refractivity contribution in [2.24, 2.45) is 0 Å². The maximum atomic E-state index is 6.43. The first-order valence-electron chi connectivity index (χ1n) is 7.38. The summed E-state index contributed by atoms with van der Waals surface area (Å²) in [6.07, 6.45) is 6.39. The molecule has 21 heavy (non-hydrogen) atoms. The van der Waals surface area contributed by atoms with Crippen LogP contribution in [0.25, 0.3) is 21.6 Å². The molecule has 0 spiro atoms. The summed E-state index contributed by atoms with van der Waals surface area (Å²) in [6.45, 7) is 2.22. The van der Waals surface area contributed by atoms with Gasteiger partial charge in [-0.2, -0.15) is 0 Å². The number of hydrogen-bond donors (Lipinski definition) is 1. The van der Waals surface area contributed by atoms with Crippen LogP contribution in [-0.4, -0.2) is 9.97 Å². The Morgan fingerprint density at radius 3 is 2.81 bits per heavy atom. The average molecular weight is 297 g/mol. The zero-order valence-electron chi connectivity index (χ0n) is 12.2. The van der Waals surface area contributed by atoms with Gasteiger partial charge in [-0.3, -0.25) is 0 Å². The maximum absolute atomic E-state index is 6.43. The largest absolute Gasteiger partial charge is 0.397 e. The summed E-state index contributed by atoms with van der Waals surface area (Å²) in [6, 6.07) is 8.24. The molecule has 2 heterocycles. The fraction of sp³-hybridized carbons (Fsp3) is 0.294. The number of aryl methyl sites for hydroxylation is 1. The molecule has 0 amide bonds. The van der Waals surface area contributed by atoms with Crippen LogP contribution in [0.15, 0.2) is 35.8 Å². The number of nitrogens with two attached hydrogens (primary N) is 1. The zero-order chi connectivity index (χ0) is 14.7. The van der Waals surface area contributed by atoms with E-state index in [0.29, 0.717) is 0 Å². The normalized spacial score (nSPS) is 11.1.